The third-order valence-corrected chi connectivity index (χ3v) is 5.41. The number of carbonyl (C=O) groups is 1. The zero-order valence-corrected chi connectivity index (χ0v) is 14.9. The second kappa shape index (κ2) is 7.87. The van der Waals surface area contributed by atoms with E-state index in [1.54, 1.807) is 12.4 Å². The van der Waals surface area contributed by atoms with E-state index in [2.05, 4.69) is 15.6 Å². The molecule has 2 N–H and O–H groups in total. The number of rotatable bonds is 5. The lowest BCUT2D eigenvalue weighted by molar-refractivity contribution is -0.117. The van der Waals surface area contributed by atoms with Crippen LogP contribution in [0.1, 0.15) is 37.7 Å². The Balaban J connectivity index is 1.34. The zero-order chi connectivity index (χ0) is 17.8. The summed E-state index contributed by atoms with van der Waals surface area (Å²) in [6.07, 6.45) is 9.51. The number of carbonyl (C=O) groups excluding carboxylic acids is 1. The maximum Gasteiger partial charge on any atom is 0.241 e. The molecule has 1 saturated carbocycles. The predicted octanol–water partition coefficient (Wildman–Crippen LogP) is 3.52. The SMILES string of the molecule is O=C(Nc1cccc(OCc2cccnc2)c1)C1CC2CCCCC2N1. The van der Waals surface area contributed by atoms with E-state index in [-0.39, 0.29) is 11.9 Å². The van der Waals surface area contributed by atoms with Crippen molar-refractivity contribution in [3.05, 3.63) is 54.4 Å². The summed E-state index contributed by atoms with van der Waals surface area (Å²) in [4.78, 5) is 16.7. The monoisotopic (exact) mass is 351 g/mol. The van der Waals surface area contributed by atoms with Gasteiger partial charge in [-0.3, -0.25) is 9.78 Å². The Labute approximate surface area is 154 Å². The number of hydrogen-bond acceptors (Lipinski definition) is 4. The molecule has 5 nitrogen and oxygen atoms in total. The average molecular weight is 351 g/mol. The van der Waals surface area contributed by atoms with Crippen LogP contribution in [0.3, 0.4) is 0 Å². The first kappa shape index (κ1) is 17.0. The summed E-state index contributed by atoms with van der Waals surface area (Å²) in [5, 5.41) is 6.56. The molecule has 26 heavy (non-hydrogen) atoms. The molecule has 0 radical (unpaired) electrons. The standard InChI is InChI=1S/C21H25N3O2/c25-21(20-11-16-6-1-2-9-19(16)24-20)23-17-7-3-8-18(12-17)26-14-15-5-4-10-22-13-15/h3-5,7-8,10,12-13,16,19-20,24H,1-2,6,9,11,14H2,(H,23,25). The van der Waals surface area contributed by atoms with Gasteiger partial charge >= 0.3 is 0 Å². The summed E-state index contributed by atoms with van der Waals surface area (Å²) < 4.78 is 5.81. The molecule has 4 rings (SSSR count). The van der Waals surface area contributed by atoms with Crippen molar-refractivity contribution in [1.29, 1.82) is 0 Å². The Bertz CT molecular complexity index is 736. The number of ether oxygens (including phenoxy) is 1. The molecule has 2 heterocycles. The quantitative estimate of drug-likeness (QED) is 0.865. The van der Waals surface area contributed by atoms with Gasteiger partial charge < -0.3 is 15.4 Å². The van der Waals surface area contributed by atoms with E-state index in [0.717, 1.165) is 23.4 Å². The van der Waals surface area contributed by atoms with Crippen molar-refractivity contribution < 1.29 is 9.53 Å². The molecular formula is C21H25N3O2. The lowest BCUT2D eigenvalue weighted by Crippen LogP contribution is -2.39. The van der Waals surface area contributed by atoms with Crippen LogP contribution in [0.4, 0.5) is 5.69 Å². The van der Waals surface area contributed by atoms with Gasteiger partial charge in [0, 0.05) is 35.8 Å². The second-order valence-corrected chi connectivity index (χ2v) is 7.27. The highest BCUT2D eigenvalue weighted by atomic mass is 16.5. The van der Waals surface area contributed by atoms with E-state index >= 15 is 0 Å². The van der Waals surface area contributed by atoms with Crippen LogP contribution >= 0.6 is 0 Å². The van der Waals surface area contributed by atoms with Crippen LogP contribution in [0, 0.1) is 5.92 Å². The number of nitrogens with zero attached hydrogens (tertiary/aromatic N) is 1. The van der Waals surface area contributed by atoms with Crippen LogP contribution in [-0.2, 0) is 11.4 Å². The Morgan fingerprint density at radius 3 is 3.00 bits per heavy atom. The first-order valence-corrected chi connectivity index (χ1v) is 9.46. The molecule has 136 valence electrons. The number of anilines is 1. The van der Waals surface area contributed by atoms with E-state index in [0.29, 0.717) is 18.6 Å². The molecule has 2 fully saturated rings. The first-order chi connectivity index (χ1) is 12.8. The zero-order valence-electron chi connectivity index (χ0n) is 14.9. The Morgan fingerprint density at radius 2 is 2.15 bits per heavy atom. The van der Waals surface area contributed by atoms with Crippen LogP contribution < -0.4 is 15.4 Å². The summed E-state index contributed by atoms with van der Waals surface area (Å²) in [5.41, 5.74) is 1.79. The second-order valence-electron chi connectivity index (χ2n) is 7.27. The first-order valence-electron chi connectivity index (χ1n) is 9.46. The molecule has 0 spiro atoms. The van der Waals surface area contributed by atoms with Gasteiger partial charge in [-0.05, 0) is 43.4 Å². The van der Waals surface area contributed by atoms with Crippen molar-refractivity contribution in [3.8, 4) is 5.75 Å². The lowest BCUT2D eigenvalue weighted by atomic mass is 9.85. The van der Waals surface area contributed by atoms with Crippen molar-refractivity contribution in [1.82, 2.24) is 10.3 Å². The number of aromatic nitrogens is 1. The number of fused-ring (bicyclic) bond motifs is 1. The van der Waals surface area contributed by atoms with Crippen LogP contribution in [0.2, 0.25) is 0 Å². The molecular weight excluding hydrogens is 326 g/mol. The topological polar surface area (TPSA) is 63.2 Å². The van der Waals surface area contributed by atoms with Gasteiger partial charge in [-0.1, -0.05) is 25.0 Å². The molecule has 2 aliphatic rings. The average Bonchev–Trinajstić information content (AvgIpc) is 3.12. The summed E-state index contributed by atoms with van der Waals surface area (Å²) in [6, 6.07) is 11.9. The number of amides is 1. The fourth-order valence-electron chi connectivity index (χ4n) is 4.06. The molecule has 1 aliphatic carbocycles. The highest BCUT2D eigenvalue weighted by Crippen LogP contribution is 2.33. The van der Waals surface area contributed by atoms with Gasteiger partial charge in [0.25, 0.3) is 0 Å². The maximum absolute atomic E-state index is 12.6. The fourth-order valence-corrected chi connectivity index (χ4v) is 4.06. The van der Waals surface area contributed by atoms with Crippen LogP contribution in [0.15, 0.2) is 48.8 Å². The number of hydrogen-bond donors (Lipinski definition) is 2. The minimum Gasteiger partial charge on any atom is -0.489 e. The lowest BCUT2D eigenvalue weighted by Gasteiger charge is -2.24. The summed E-state index contributed by atoms with van der Waals surface area (Å²) >= 11 is 0. The molecule has 3 atom stereocenters. The van der Waals surface area contributed by atoms with Crippen LogP contribution in [0.5, 0.6) is 5.75 Å². The van der Waals surface area contributed by atoms with Crippen molar-refractivity contribution >= 4 is 11.6 Å². The molecule has 0 bridgehead atoms. The fraction of sp³-hybridized carbons (Fsp3) is 0.429. The molecule has 2 aromatic rings. The van der Waals surface area contributed by atoms with Crippen LogP contribution in [-0.4, -0.2) is 23.0 Å². The van der Waals surface area contributed by atoms with Crippen LogP contribution in [0.25, 0.3) is 0 Å². The normalized spacial score (nSPS) is 24.7. The maximum atomic E-state index is 12.6. The van der Waals surface area contributed by atoms with Gasteiger partial charge in [-0.2, -0.15) is 0 Å². The minimum absolute atomic E-state index is 0.0591. The van der Waals surface area contributed by atoms with E-state index in [1.165, 1.54) is 25.7 Å². The third kappa shape index (κ3) is 4.05. The molecule has 1 amide bonds. The minimum atomic E-state index is -0.0805. The number of pyridine rings is 1. The van der Waals surface area contributed by atoms with Crippen molar-refractivity contribution in [2.75, 3.05) is 5.32 Å². The smallest absolute Gasteiger partial charge is 0.241 e. The van der Waals surface area contributed by atoms with E-state index in [1.807, 2.05) is 36.4 Å². The number of nitrogens with one attached hydrogen (secondary N) is 2. The van der Waals surface area contributed by atoms with Crippen molar-refractivity contribution in [3.63, 3.8) is 0 Å². The summed E-state index contributed by atoms with van der Waals surface area (Å²) in [7, 11) is 0. The van der Waals surface area contributed by atoms with E-state index < -0.39 is 0 Å². The summed E-state index contributed by atoms with van der Waals surface area (Å²) in [5.74, 6) is 1.46. The Hall–Kier alpha value is -2.40. The Morgan fingerprint density at radius 1 is 1.23 bits per heavy atom. The Kier molecular flexibility index (Phi) is 5.16. The van der Waals surface area contributed by atoms with Gasteiger partial charge in [-0.25, -0.2) is 0 Å². The molecule has 1 aliphatic heterocycles. The largest absolute Gasteiger partial charge is 0.489 e. The number of benzene rings is 1. The highest BCUT2D eigenvalue weighted by molar-refractivity contribution is 5.95. The molecule has 5 heteroatoms. The van der Waals surface area contributed by atoms with Gasteiger partial charge in [0.05, 0.1) is 6.04 Å². The van der Waals surface area contributed by atoms with Gasteiger partial charge in [-0.15, -0.1) is 0 Å². The van der Waals surface area contributed by atoms with E-state index in [9.17, 15) is 4.79 Å². The molecule has 3 unspecified atom stereocenters. The van der Waals surface area contributed by atoms with Gasteiger partial charge in [0.2, 0.25) is 5.91 Å². The predicted molar refractivity (Wildman–Crippen MR) is 101 cm³/mol. The summed E-state index contributed by atoms with van der Waals surface area (Å²) in [6.45, 7) is 0.457. The van der Waals surface area contributed by atoms with Gasteiger partial charge in [0.1, 0.15) is 12.4 Å². The molecule has 1 aromatic carbocycles. The van der Waals surface area contributed by atoms with Crippen molar-refractivity contribution in [2.24, 2.45) is 5.92 Å². The van der Waals surface area contributed by atoms with E-state index in [4.69, 9.17) is 4.74 Å². The molecule has 1 aromatic heterocycles. The van der Waals surface area contributed by atoms with Gasteiger partial charge in [0.15, 0.2) is 0 Å². The highest BCUT2D eigenvalue weighted by Gasteiger charge is 2.38. The third-order valence-electron chi connectivity index (χ3n) is 5.41. The van der Waals surface area contributed by atoms with Crippen molar-refractivity contribution in [2.45, 2.75) is 50.8 Å². The molecule has 1 saturated heterocycles.